The summed E-state index contributed by atoms with van der Waals surface area (Å²) in [4.78, 5) is 45.2. The summed E-state index contributed by atoms with van der Waals surface area (Å²) in [5, 5.41) is 4.44. The Morgan fingerprint density at radius 1 is 0.970 bits per heavy atom. The predicted octanol–water partition coefficient (Wildman–Crippen LogP) is 1.93. The highest BCUT2D eigenvalue weighted by atomic mass is 35.5. The quantitative estimate of drug-likeness (QED) is 0.681. The summed E-state index contributed by atoms with van der Waals surface area (Å²) in [7, 11) is 3.48. The molecule has 2 aliphatic rings. The van der Waals surface area contributed by atoms with Crippen LogP contribution in [0.1, 0.15) is 12.8 Å². The second-order valence-electron chi connectivity index (χ2n) is 8.65. The second kappa shape index (κ2) is 9.82. The Labute approximate surface area is 198 Å². The van der Waals surface area contributed by atoms with Crippen LogP contribution >= 0.6 is 11.6 Å². The summed E-state index contributed by atoms with van der Waals surface area (Å²) < 4.78 is 1.29. The normalized spacial score (nSPS) is 17.2. The van der Waals surface area contributed by atoms with Crippen LogP contribution in [0, 0.1) is 5.92 Å². The van der Waals surface area contributed by atoms with Crippen molar-refractivity contribution >= 4 is 29.2 Å². The molecule has 2 aromatic rings. The van der Waals surface area contributed by atoms with Crippen molar-refractivity contribution in [2.75, 3.05) is 58.3 Å². The number of piperazine rings is 1. The van der Waals surface area contributed by atoms with Gasteiger partial charge < -0.3 is 19.6 Å². The Bertz CT molecular complexity index is 1060. The monoisotopic (exact) mass is 472 g/mol. The molecule has 0 saturated carbocycles. The molecule has 33 heavy (non-hydrogen) atoms. The molecule has 10 heteroatoms. The van der Waals surface area contributed by atoms with Gasteiger partial charge in [-0.25, -0.2) is 4.79 Å². The van der Waals surface area contributed by atoms with E-state index in [0.29, 0.717) is 63.5 Å². The molecule has 0 aliphatic carbocycles. The molecular weight excluding hydrogens is 444 g/mol. The van der Waals surface area contributed by atoms with Gasteiger partial charge in [0.1, 0.15) is 5.02 Å². The van der Waals surface area contributed by atoms with E-state index in [2.05, 4.69) is 5.10 Å². The van der Waals surface area contributed by atoms with Crippen LogP contribution in [-0.4, -0.2) is 89.8 Å². The molecule has 0 radical (unpaired) electrons. The van der Waals surface area contributed by atoms with Crippen molar-refractivity contribution in [1.29, 1.82) is 0 Å². The SMILES string of the molecule is CN(C)C(=O)N1CCC(C(=O)N2CCN(c3cnn(-c4ccccc4)c(=O)c3Cl)CC2)CC1. The fourth-order valence-electron chi connectivity index (χ4n) is 4.42. The number of aromatic nitrogens is 2. The van der Waals surface area contributed by atoms with Crippen molar-refractivity contribution in [3.8, 4) is 5.69 Å². The molecule has 2 aliphatic heterocycles. The average Bonchev–Trinajstić information content (AvgIpc) is 2.85. The summed E-state index contributed by atoms with van der Waals surface area (Å²) in [5.41, 5.74) is 0.888. The van der Waals surface area contributed by atoms with Gasteiger partial charge in [0.2, 0.25) is 5.91 Å². The van der Waals surface area contributed by atoms with Gasteiger partial charge in [0.05, 0.1) is 17.6 Å². The predicted molar refractivity (Wildman–Crippen MR) is 127 cm³/mol. The van der Waals surface area contributed by atoms with E-state index in [-0.39, 0.29) is 28.4 Å². The number of para-hydroxylation sites is 1. The standard InChI is InChI=1S/C23H29ClN6O3/c1-26(2)23(33)29-10-8-17(9-11-29)21(31)28-14-12-27(13-15-28)19-16-25-30(22(32)20(19)24)18-6-4-3-5-7-18/h3-7,16-17H,8-15H2,1-2H3. The maximum atomic E-state index is 13.0. The fourth-order valence-corrected chi connectivity index (χ4v) is 4.67. The molecule has 176 valence electrons. The molecule has 2 fully saturated rings. The third-order valence-corrected chi connectivity index (χ3v) is 6.69. The molecule has 2 saturated heterocycles. The molecule has 0 bridgehead atoms. The topological polar surface area (TPSA) is 82.0 Å². The van der Waals surface area contributed by atoms with Gasteiger partial charge in [-0.05, 0) is 25.0 Å². The number of likely N-dealkylation sites (tertiary alicyclic amines) is 1. The number of nitrogens with zero attached hydrogens (tertiary/aromatic N) is 6. The Hall–Kier alpha value is -3.07. The molecule has 3 amide bonds. The molecule has 0 atom stereocenters. The molecular formula is C23H29ClN6O3. The number of carbonyl (C=O) groups is 2. The maximum absolute atomic E-state index is 13.0. The van der Waals surface area contributed by atoms with Gasteiger partial charge >= 0.3 is 6.03 Å². The van der Waals surface area contributed by atoms with Crippen molar-refractivity contribution in [1.82, 2.24) is 24.5 Å². The summed E-state index contributed by atoms with van der Waals surface area (Å²) in [6, 6.07) is 9.15. The van der Waals surface area contributed by atoms with Gasteiger partial charge in [-0.15, -0.1) is 0 Å². The minimum absolute atomic E-state index is 0.00538. The van der Waals surface area contributed by atoms with Gasteiger partial charge in [0, 0.05) is 59.3 Å². The molecule has 1 aromatic heterocycles. The zero-order chi connectivity index (χ0) is 23.5. The number of benzene rings is 1. The fraction of sp³-hybridized carbons (Fsp3) is 0.478. The van der Waals surface area contributed by atoms with Crippen LogP contribution in [0.5, 0.6) is 0 Å². The molecule has 0 N–H and O–H groups in total. The van der Waals surface area contributed by atoms with Crippen molar-refractivity contribution in [3.63, 3.8) is 0 Å². The van der Waals surface area contributed by atoms with Crippen LogP contribution in [0.25, 0.3) is 5.69 Å². The number of carbonyl (C=O) groups excluding carboxylic acids is 2. The second-order valence-corrected chi connectivity index (χ2v) is 9.02. The van der Waals surface area contributed by atoms with Gasteiger partial charge in [-0.1, -0.05) is 29.8 Å². The number of hydrogen-bond acceptors (Lipinski definition) is 5. The highest BCUT2D eigenvalue weighted by Crippen LogP contribution is 2.25. The van der Waals surface area contributed by atoms with E-state index in [0.717, 1.165) is 0 Å². The Balaban J connectivity index is 1.36. The van der Waals surface area contributed by atoms with E-state index in [1.54, 1.807) is 42.2 Å². The number of urea groups is 1. The first-order valence-electron chi connectivity index (χ1n) is 11.2. The first-order valence-corrected chi connectivity index (χ1v) is 11.6. The van der Waals surface area contributed by atoms with Crippen LogP contribution in [0.15, 0.2) is 41.3 Å². The van der Waals surface area contributed by atoms with Crippen LogP contribution < -0.4 is 10.5 Å². The third kappa shape index (κ3) is 4.83. The lowest BCUT2D eigenvalue weighted by Crippen LogP contribution is -2.52. The molecule has 3 heterocycles. The highest BCUT2D eigenvalue weighted by Gasteiger charge is 2.32. The van der Waals surface area contributed by atoms with E-state index >= 15 is 0 Å². The van der Waals surface area contributed by atoms with E-state index < -0.39 is 0 Å². The highest BCUT2D eigenvalue weighted by molar-refractivity contribution is 6.33. The van der Waals surface area contributed by atoms with E-state index in [9.17, 15) is 14.4 Å². The third-order valence-electron chi connectivity index (χ3n) is 6.33. The van der Waals surface area contributed by atoms with Gasteiger partial charge in [0.25, 0.3) is 5.56 Å². The van der Waals surface area contributed by atoms with E-state index in [4.69, 9.17) is 11.6 Å². The zero-order valence-electron chi connectivity index (χ0n) is 19.0. The van der Waals surface area contributed by atoms with Crippen LogP contribution in [0.3, 0.4) is 0 Å². The summed E-state index contributed by atoms with van der Waals surface area (Å²) in [6.07, 6.45) is 2.99. The number of anilines is 1. The smallest absolute Gasteiger partial charge is 0.319 e. The minimum atomic E-state index is -0.363. The Kier molecular flexibility index (Phi) is 6.88. The molecule has 1 aromatic carbocycles. The number of rotatable bonds is 3. The Morgan fingerprint density at radius 3 is 2.21 bits per heavy atom. The van der Waals surface area contributed by atoms with E-state index in [1.165, 1.54) is 4.68 Å². The maximum Gasteiger partial charge on any atom is 0.319 e. The van der Waals surface area contributed by atoms with E-state index in [1.807, 2.05) is 28.0 Å². The minimum Gasteiger partial charge on any atom is -0.365 e. The number of halogens is 1. The number of hydrogen-bond donors (Lipinski definition) is 0. The molecule has 9 nitrogen and oxygen atoms in total. The molecule has 0 unspecified atom stereocenters. The van der Waals surface area contributed by atoms with Crippen molar-refractivity contribution in [2.24, 2.45) is 5.92 Å². The summed E-state index contributed by atoms with van der Waals surface area (Å²) in [6.45, 7) is 3.50. The van der Waals surface area contributed by atoms with Crippen LogP contribution in [-0.2, 0) is 4.79 Å². The van der Waals surface area contributed by atoms with Gasteiger partial charge in [-0.2, -0.15) is 9.78 Å². The molecule has 4 rings (SSSR count). The first kappa shape index (κ1) is 23.1. The van der Waals surface area contributed by atoms with Crippen LogP contribution in [0.2, 0.25) is 5.02 Å². The summed E-state index contributed by atoms with van der Waals surface area (Å²) in [5.74, 6) is 0.0955. The lowest BCUT2D eigenvalue weighted by molar-refractivity contribution is -0.137. The van der Waals surface area contributed by atoms with Crippen molar-refractivity contribution < 1.29 is 9.59 Å². The van der Waals surface area contributed by atoms with Crippen LogP contribution in [0.4, 0.5) is 10.5 Å². The first-order chi connectivity index (χ1) is 15.9. The van der Waals surface area contributed by atoms with Crippen molar-refractivity contribution in [3.05, 3.63) is 51.9 Å². The lowest BCUT2D eigenvalue weighted by atomic mass is 9.95. The van der Waals surface area contributed by atoms with Gasteiger partial charge in [-0.3, -0.25) is 9.59 Å². The molecule has 0 spiro atoms. The Morgan fingerprint density at radius 2 is 1.61 bits per heavy atom. The zero-order valence-corrected chi connectivity index (χ0v) is 19.7. The number of amides is 3. The number of piperidine rings is 1. The van der Waals surface area contributed by atoms with Crippen molar-refractivity contribution in [2.45, 2.75) is 12.8 Å². The summed E-state index contributed by atoms with van der Waals surface area (Å²) >= 11 is 6.43. The lowest BCUT2D eigenvalue weighted by Gasteiger charge is -2.39. The van der Waals surface area contributed by atoms with Gasteiger partial charge in [0.15, 0.2) is 0 Å². The average molecular weight is 473 g/mol. The largest absolute Gasteiger partial charge is 0.365 e.